The minimum atomic E-state index is -0.798. The third kappa shape index (κ3) is 5.44. The Morgan fingerprint density at radius 2 is 1.84 bits per heavy atom. The molecule has 1 fully saturated rings. The van der Waals surface area contributed by atoms with Gasteiger partial charge in [-0.3, -0.25) is 14.9 Å². The quantitative estimate of drug-likeness (QED) is 0.194. The van der Waals surface area contributed by atoms with Crippen molar-refractivity contribution in [1.82, 2.24) is 4.98 Å². The van der Waals surface area contributed by atoms with Crippen LogP contribution in [0.15, 0.2) is 60.7 Å². The normalized spacial score (nSPS) is 13.1. The van der Waals surface area contributed by atoms with Gasteiger partial charge < -0.3 is 15.0 Å². The number of nitro groups is 1. The lowest BCUT2D eigenvalue weighted by molar-refractivity contribution is -0.384. The van der Waals surface area contributed by atoms with E-state index in [4.69, 9.17) is 4.74 Å². The molecule has 0 unspecified atom stereocenters. The van der Waals surface area contributed by atoms with E-state index in [1.165, 1.54) is 17.7 Å². The van der Waals surface area contributed by atoms with Gasteiger partial charge in [0.25, 0.3) is 11.6 Å². The van der Waals surface area contributed by atoms with Crippen LogP contribution in [0.5, 0.6) is 0 Å². The van der Waals surface area contributed by atoms with E-state index in [0.29, 0.717) is 11.4 Å². The molecule has 4 aromatic rings. The number of hydrogen-bond acceptors (Lipinski definition) is 8. The number of rotatable bonds is 7. The predicted octanol–water partition coefficient (Wildman–Crippen LogP) is 5.58. The third-order valence-electron chi connectivity index (χ3n) is 6.15. The maximum Gasteiger partial charge on any atom is 0.338 e. The lowest BCUT2D eigenvalue weighted by Crippen LogP contribution is -2.21. The van der Waals surface area contributed by atoms with Gasteiger partial charge in [-0.25, -0.2) is 9.78 Å². The molecule has 9 nitrogen and oxygen atoms in total. The molecule has 0 spiro atoms. The number of carbonyl (C=O) groups excluding carboxylic acids is 2. The Morgan fingerprint density at radius 1 is 1.08 bits per heavy atom. The highest BCUT2D eigenvalue weighted by Crippen LogP contribution is 2.33. The molecule has 0 bridgehead atoms. The first-order chi connectivity index (χ1) is 17.9. The van der Waals surface area contributed by atoms with E-state index in [2.05, 4.69) is 16.4 Å². The molecule has 0 atom stereocenters. The van der Waals surface area contributed by atoms with E-state index in [-0.39, 0.29) is 11.3 Å². The summed E-state index contributed by atoms with van der Waals surface area (Å²) in [5.74, 6) is -1.31. The Bertz CT molecular complexity index is 1490. The molecule has 1 amide bonds. The number of amides is 1. The van der Waals surface area contributed by atoms with Crippen molar-refractivity contribution in [3.05, 3.63) is 81.9 Å². The summed E-state index contributed by atoms with van der Waals surface area (Å²) >= 11 is 1.60. The molecule has 2 heterocycles. The topological polar surface area (TPSA) is 115 Å². The number of nitro benzene ring substituents is 1. The highest BCUT2D eigenvalue weighted by atomic mass is 32.1. The second-order valence-corrected chi connectivity index (χ2v) is 9.88. The molecule has 10 heteroatoms. The number of nitrogens with zero attached hydrogens (tertiary/aromatic N) is 3. The van der Waals surface area contributed by atoms with Gasteiger partial charge in [0, 0.05) is 30.4 Å². The maximum absolute atomic E-state index is 12.5. The zero-order valence-electron chi connectivity index (χ0n) is 20.1. The molecule has 1 aliphatic heterocycles. The average molecular weight is 517 g/mol. The number of aryl methyl sites for hydroxylation is 1. The van der Waals surface area contributed by atoms with Crippen LogP contribution in [0.3, 0.4) is 0 Å². The summed E-state index contributed by atoms with van der Waals surface area (Å²) in [5, 5.41) is 15.1. The predicted molar refractivity (Wildman–Crippen MR) is 143 cm³/mol. The van der Waals surface area contributed by atoms with Gasteiger partial charge in [0.05, 0.1) is 20.7 Å². The number of thiazole rings is 1. The fourth-order valence-corrected chi connectivity index (χ4v) is 5.35. The van der Waals surface area contributed by atoms with E-state index >= 15 is 0 Å². The number of aromatic nitrogens is 1. The van der Waals surface area contributed by atoms with Crippen molar-refractivity contribution in [3.8, 4) is 10.6 Å². The minimum Gasteiger partial charge on any atom is -0.452 e. The summed E-state index contributed by atoms with van der Waals surface area (Å²) in [5.41, 5.74) is 3.97. The molecule has 1 aliphatic rings. The monoisotopic (exact) mass is 516 g/mol. The molecular weight excluding hydrogens is 492 g/mol. The van der Waals surface area contributed by atoms with Crippen LogP contribution >= 0.6 is 11.3 Å². The standard InChI is InChI=1S/C27H24N4O5S/c1-17-4-10-21-24(14-17)37-26(29-21)18-5-8-20(9-6-18)28-25(32)16-36-27(33)19-7-11-22(23(15-19)31(34)35)30-12-2-3-13-30/h4-11,14-15H,2-3,12-13,16H2,1H3,(H,28,32). The minimum absolute atomic E-state index is 0.0258. The highest BCUT2D eigenvalue weighted by Gasteiger charge is 2.24. The van der Waals surface area contributed by atoms with Gasteiger partial charge in [0.1, 0.15) is 10.7 Å². The van der Waals surface area contributed by atoms with Crippen molar-refractivity contribution in [2.75, 3.05) is 29.9 Å². The van der Waals surface area contributed by atoms with Crippen molar-refractivity contribution in [2.24, 2.45) is 0 Å². The number of esters is 1. The van der Waals surface area contributed by atoms with Gasteiger partial charge in [-0.05, 0) is 73.9 Å². The molecule has 0 radical (unpaired) electrons. The molecule has 0 saturated carbocycles. The summed E-state index contributed by atoms with van der Waals surface area (Å²) in [6.45, 7) is 3.01. The highest BCUT2D eigenvalue weighted by molar-refractivity contribution is 7.21. The molecule has 3 aromatic carbocycles. The molecule has 0 aliphatic carbocycles. The lowest BCUT2D eigenvalue weighted by atomic mass is 10.1. The molecule has 37 heavy (non-hydrogen) atoms. The van der Waals surface area contributed by atoms with Crippen LogP contribution in [-0.2, 0) is 9.53 Å². The number of anilines is 2. The van der Waals surface area contributed by atoms with Gasteiger partial charge in [-0.1, -0.05) is 6.07 Å². The summed E-state index contributed by atoms with van der Waals surface area (Å²) in [6, 6.07) is 17.6. The second kappa shape index (κ2) is 10.4. The van der Waals surface area contributed by atoms with Crippen molar-refractivity contribution < 1.29 is 19.2 Å². The second-order valence-electron chi connectivity index (χ2n) is 8.85. The smallest absolute Gasteiger partial charge is 0.338 e. The van der Waals surface area contributed by atoms with Crippen molar-refractivity contribution >= 4 is 50.5 Å². The van der Waals surface area contributed by atoms with Gasteiger partial charge in [-0.2, -0.15) is 0 Å². The van der Waals surface area contributed by atoms with Crippen LogP contribution in [0, 0.1) is 17.0 Å². The van der Waals surface area contributed by atoms with E-state index in [1.54, 1.807) is 29.5 Å². The number of hydrogen-bond donors (Lipinski definition) is 1. The van der Waals surface area contributed by atoms with Crippen molar-refractivity contribution in [3.63, 3.8) is 0 Å². The van der Waals surface area contributed by atoms with Crippen LogP contribution in [0.1, 0.15) is 28.8 Å². The van der Waals surface area contributed by atoms with E-state index in [0.717, 1.165) is 46.7 Å². The largest absolute Gasteiger partial charge is 0.452 e. The molecule has 1 saturated heterocycles. The zero-order chi connectivity index (χ0) is 25.9. The van der Waals surface area contributed by atoms with Crippen molar-refractivity contribution in [2.45, 2.75) is 19.8 Å². The van der Waals surface area contributed by atoms with Gasteiger partial charge in [0.15, 0.2) is 6.61 Å². The first kappa shape index (κ1) is 24.4. The molecule has 5 rings (SSSR count). The van der Waals surface area contributed by atoms with E-state index < -0.39 is 23.4 Å². The average Bonchev–Trinajstić information content (AvgIpc) is 3.57. The Morgan fingerprint density at radius 3 is 2.57 bits per heavy atom. The van der Waals surface area contributed by atoms with E-state index in [9.17, 15) is 19.7 Å². The zero-order valence-corrected chi connectivity index (χ0v) is 20.9. The Kier molecular flexibility index (Phi) is 6.82. The molecule has 188 valence electrons. The molecular formula is C27H24N4O5S. The van der Waals surface area contributed by atoms with Crippen LogP contribution in [-0.4, -0.2) is 41.5 Å². The van der Waals surface area contributed by atoms with Crippen LogP contribution < -0.4 is 10.2 Å². The summed E-state index contributed by atoms with van der Waals surface area (Å²) < 4.78 is 6.22. The maximum atomic E-state index is 12.5. The Hall–Kier alpha value is -4.31. The van der Waals surface area contributed by atoms with Crippen LogP contribution in [0.4, 0.5) is 17.1 Å². The lowest BCUT2D eigenvalue weighted by Gasteiger charge is -2.17. The Balaban J connectivity index is 1.19. The summed E-state index contributed by atoms with van der Waals surface area (Å²) in [7, 11) is 0. The molecule has 1 N–H and O–H groups in total. The van der Waals surface area contributed by atoms with Gasteiger partial charge in [0.2, 0.25) is 0 Å². The third-order valence-corrected chi connectivity index (χ3v) is 7.22. The number of nitrogens with one attached hydrogen (secondary N) is 1. The van der Waals surface area contributed by atoms with Crippen LogP contribution in [0.2, 0.25) is 0 Å². The number of fused-ring (bicyclic) bond motifs is 1. The van der Waals surface area contributed by atoms with Crippen molar-refractivity contribution in [1.29, 1.82) is 0 Å². The first-order valence-corrected chi connectivity index (χ1v) is 12.7. The summed E-state index contributed by atoms with van der Waals surface area (Å²) in [4.78, 5) is 42.5. The Labute approximate surface area is 216 Å². The fraction of sp³-hybridized carbons (Fsp3) is 0.222. The number of carbonyl (C=O) groups is 2. The number of ether oxygens (including phenoxy) is 1. The first-order valence-electron chi connectivity index (χ1n) is 11.9. The summed E-state index contributed by atoms with van der Waals surface area (Å²) in [6.07, 6.45) is 1.95. The van der Waals surface area contributed by atoms with E-state index in [1.807, 2.05) is 36.1 Å². The number of benzene rings is 3. The SMILES string of the molecule is Cc1ccc2nc(-c3ccc(NC(=O)COC(=O)c4ccc(N5CCCC5)c([N+](=O)[O-])c4)cc3)sc2c1. The van der Waals surface area contributed by atoms with Crippen LogP contribution in [0.25, 0.3) is 20.8 Å². The molecule has 1 aromatic heterocycles. The fourth-order valence-electron chi connectivity index (χ4n) is 4.29. The van der Waals surface area contributed by atoms with Gasteiger partial charge in [-0.15, -0.1) is 11.3 Å². The van der Waals surface area contributed by atoms with Gasteiger partial charge >= 0.3 is 5.97 Å².